The fourth-order valence-electron chi connectivity index (χ4n) is 2.07. The highest BCUT2D eigenvalue weighted by Crippen LogP contribution is 2.12. The normalized spacial score (nSPS) is 10.3. The molecule has 0 aliphatic rings. The lowest BCUT2D eigenvalue weighted by atomic mass is 10.1. The molecule has 0 bridgehead atoms. The summed E-state index contributed by atoms with van der Waals surface area (Å²) in [6.07, 6.45) is 1.41. The van der Waals surface area contributed by atoms with Crippen molar-refractivity contribution in [2.45, 2.75) is 13.1 Å². The van der Waals surface area contributed by atoms with Crippen LogP contribution in [0, 0.1) is 0 Å². The molecular weight excluding hydrogens is 282 g/mol. The number of nitrogens with one attached hydrogen (secondary N) is 1. The predicted molar refractivity (Wildman–Crippen MR) is 82.2 cm³/mol. The van der Waals surface area contributed by atoms with Gasteiger partial charge in [0.05, 0.1) is 12.1 Å². The van der Waals surface area contributed by atoms with Crippen LogP contribution in [-0.2, 0) is 13.1 Å². The molecule has 1 aromatic heterocycles. The molecule has 0 spiro atoms. The lowest BCUT2D eigenvalue weighted by Gasteiger charge is -2.16. The van der Waals surface area contributed by atoms with Crippen molar-refractivity contribution >= 4 is 11.8 Å². The molecule has 0 unspecified atom stereocenters. The summed E-state index contributed by atoms with van der Waals surface area (Å²) in [6, 6.07) is 8.77. The summed E-state index contributed by atoms with van der Waals surface area (Å²) >= 11 is 0. The molecule has 1 heterocycles. The van der Waals surface area contributed by atoms with Crippen LogP contribution in [-0.4, -0.2) is 30.8 Å². The lowest BCUT2D eigenvalue weighted by Crippen LogP contribution is -2.26. The standard InChI is InChI=1S/C16H19N3O3/c1-18-15(20)12-5-3-11(4-6-12)9-19(2)16(21)13-7-14(8-17)22-10-13/h3-7,10H,8-9,17H2,1-2H3,(H,18,20). The van der Waals surface area contributed by atoms with Gasteiger partial charge in [-0.25, -0.2) is 0 Å². The first-order valence-electron chi connectivity index (χ1n) is 6.89. The second-order valence-electron chi connectivity index (χ2n) is 4.94. The van der Waals surface area contributed by atoms with Crippen molar-refractivity contribution in [3.05, 3.63) is 59.0 Å². The molecule has 0 aliphatic carbocycles. The van der Waals surface area contributed by atoms with Gasteiger partial charge >= 0.3 is 0 Å². The topological polar surface area (TPSA) is 88.6 Å². The summed E-state index contributed by atoms with van der Waals surface area (Å²) in [5.41, 5.74) is 7.46. The van der Waals surface area contributed by atoms with E-state index in [1.54, 1.807) is 37.2 Å². The van der Waals surface area contributed by atoms with E-state index < -0.39 is 0 Å². The van der Waals surface area contributed by atoms with Gasteiger partial charge < -0.3 is 20.4 Å². The molecule has 6 heteroatoms. The van der Waals surface area contributed by atoms with Crippen molar-refractivity contribution in [2.24, 2.45) is 5.73 Å². The summed E-state index contributed by atoms with van der Waals surface area (Å²) in [4.78, 5) is 25.3. The largest absolute Gasteiger partial charge is 0.467 e. The smallest absolute Gasteiger partial charge is 0.257 e. The fraction of sp³-hybridized carbons (Fsp3) is 0.250. The minimum Gasteiger partial charge on any atom is -0.467 e. The fourth-order valence-corrected chi connectivity index (χ4v) is 2.07. The van der Waals surface area contributed by atoms with Crippen LogP contribution in [0.5, 0.6) is 0 Å². The van der Waals surface area contributed by atoms with Crippen molar-refractivity contribution in [3.8, 4) is 0 Å². The number of furan rings is 1. The van der Waals surface area contributed by atoms with E-state index in [1.165, 1.54) is 6.26 Å². The van der Waals surface area contributed by atoms with Crippen LogP contribution in [0.2, 0.25) is 0 Å². The van der Waals surface area contributed by atoms with Gasteiger partial charge in [0.25, 0.3) is 11.8 Å². The quantitative estimate of drug-likeness (QED) is 0.873. The summed E-state index contributed by atoms with van der Waals surface area (Å²) in [5, 5.41) is 2.56. The van der Waals surface area contributed by atoms with Crippen LogP contribution < -0.4 is 11.1 Å². The van der Waals surface area contributed by atoms with Gasteiger partial charge in [-0.1, -0.05) is 12.1 Å². The van der Waals surface area contributed by atoms with Crippen molar-refractivity contribution < 1.29 is 14.0 Å². The van der Waals surface area contributed by atoms with Gasteiger partial charge in [0, 0.05) is 26.2 Å². The van der Waals surface area contributed by atoms with E-state index in [0.29, 0.717) is 23.4 Å². The van der Waals surface area contributed by atoms with Crippen molar-refractivity contribution in [1.29, 1.82) is 0 Å². The number of hydrogen-bond acceptors (Lipinski definition) is 4. The zero-order valence-electron chi connectivity index (χ0n) is 12.6. The van der Waals surface area contributed by atoms with Crippen molar-refractivity contribution in [2.75, 3.05) is 14.1 Å². The number of carbonyl (C=O) groups is 2. The first kappa shape index (κ1) is 15.8. The summed E-state index contributed by atoms with van der Waals surface area (Å²) in [7, 11) is 3.30. The van der Waals surface area contributed by atoms with Crippen molar-refractivity contribution in [1.82, 2.24) is 10.2 Å². The molecule has 22 heavy (non-hydrogen) atoms. The average Bonchev–Trinajstić information content (AvgIpc) is 3.03. The molecule has 0 saturated carbocycles. The van der Waals surface area contributed by atoms with Crippen LogP contribution in [0.15, 0.2) is 41.0 Å². The number of carbonyl (C=O) groups excluding carboxylic acids is 2. The first-order chi connectivity index (χ1) is 10.5. The molecular formula is C16H19N3O3. The molecule has 6 nitrogen and oxygen atoms in total. The highest BCUT2D eigenvalue weighted by molar-refractivity contribution is 5.94. The van der Waals surface area contributed by atoms with Gasteiger partial charge in [-0.3, -0.25) is 9.59 Å². The maximum absolute atomic E-state index is 12.3. The van der Waals surface area contributed by atoms with E-state index in [2.05, 4.69) is 5.32 Å². The maximum atomic E-state index is 12.3. The summed E-state index contributed by atoms with van der Waals surface area (Å²) in [6.45, 7) is 0.702. The number of benzene rings is 1. The van der Waals surface area contributed by atoms with Crippen LogP contribution in [0.4, 0.5) is 0 Å². The van der Waals surface area contributed by atoms with E-state index in [9.17, 15) is 9.59 Å². The Hall–Kier alpha value is -2.60. The third kappa shape index (κ3) is 3.53. The zero-order chi connectivity index (χ0) is 16.1. The highest BCUT2D eigenvalue weighted by Gasteiger charge is 2.15. The van der Waals surface area contributed by atoms with Crippen LogP contribution in [0.25, 0.3) is 0 Å². The van der Waals surface area contributed by atoms with Gasteiger partial charge in [-0.05, 0) is 23.8 Å². The minimum absolute atomic E-state index is 0.135. The Kier molecular flexibility index (Phi) is 4.95. The molecule has 0 atom stereocenters. The number of rotatable bonds is 5. The van der Waals surface area contributed by atoms with Crippen LogP contribution in [0.3, 0.4) is 0 Å². The SMILES string of the molecule is CNC(=O)c1ccc(CN(C)C(=O)c2coc(CN)c2)cc1. The first-order valence-corrected chi connectivity index (χ1v) is 6.89. The highest BCUT2D eigenvalue weighted by atomic mass is 16.3. The molecule has 2 rings (SSSR count). The van der Waals surface area contributed by atoms with Gasteiger partial charge in [-0.15, -0.1) is 0 Å². The van der Waals surface area contributed by atoms with E-state index >= 15 is 0 Å². The lowest BCUT2D eigenvalue weighted by molar-refractivity contribution is 0.0784. The molecule has 2 aromatic rings. The molecule has 0 saturated heterocycles. The number of nitrogens with zero attached hydrogens (tertiary/aromatic N) is 1. The Morgan fingerprint density at radius 1 is 1.23 bits per heavy atom. The molecule has 3 N–H and O–H groups in total. The maximum Gasteiger partial charge on any atom is 0.257 e. The molecule has 116 valence electrons. The number of hydrogen-bond donors (Lipinski definition) is 2. The Morgan fingerprint density at radius 2 is 1.91 bits per heavy atom. The second-order valence-corrected chi connectivity index (χ2v) is 4.94. The number of nitrogens with two attached hydrogens (primary N) is 1. The van der Waals surface area contributed by atoms with Gasteiger partial charge in [0.15, 0.2) is 0 Å². The van der Waals surface area contributed by atoms with Crippen molar-refractivity contribution in [3.63, 3.8) is 0 Å². The third-order valence-electron chi connectivity index (χ3n) is 3.31. The van der Waals surface area contributed by atoms with Gasteiger partial charge in [0.1, 0.15) is 12.0 Å². The zero-order valence-corrected chi connectivity index (χ0v) is 12.6. The Balaban J connectivity index is 2.03. The predicted octanol–water partition coefficient (Wildman–Crippen LogP) is 1.37. The average molecular weight is 301 g/mol. The van der Waals surface area contributed by atoms with Crippen LogP contribution in [0.1, 0.15) is 32.0 Å². The van der Waals surface area contributed by atoms with E-state index in [1.807, 2.05) is 12.1 Å². The van der Waals surface area contributed by atoms with E-state index in [-0.39, 0.29) is 18.4 Å². The van der Waals surface area contributed by atoms with Gasteiger partial charge in [0.2, 0.25) is 0 Å². The Labute approximate surface area is 128 Å². The number of amides is 2. The molecule has 0 fully saturated rings. The monoisotopic (exact) mass is 301 g/mol. The Bertz CT molecular complexity index is 662. The Morgan fingerprint density at radius 3 is 2.45 bits per heavy atom. The molecule has 0 radical (unpaired) electrons. The van der Waals surface area contributed by atoms with E-state index in [4.69, 9.17) is 10.2 Å². The minimum atomic E-state index is -0.140. The van der Waals surface area contributed by atoms with Crippen LogP contribution >= 0.6 is 0 Å². The summed E-state index contributed by atoms with van der Waals surface area (Å²) in [5.74, 6) is 0.300. The molecule has 0 aliphatic heterocycles. The molecule has 2 amide bonds. The van der Waals surface area contributed by atoms with Gasteiger partial charge in [-0.2, -0.15) is 0 Å². The summed E-state index contributed by atoms with van der Waals surface area (Å²) < 4.78 is 5.17. The third-order valence-corrected chi connectivity index (χ3v) is 3.31. The van der Waals surface area contributed by atoms with E-state index in [0.717, 1.165) is 5.56 Å². The second kappa shape index (κ2) is 6.91. The molecule has 1 aromatic carbocycles.